The summed E-state index contributed by atoms with van der Waals surface area (Å²) in [4.78, 5) is 0. The highest BCUT2D eigenvalue weighted by molar-refractivity contribution is 6.90. The van der Waals surface area contributed by atoms with Gasteiger partial charge in [-0.25, -0.2) is 0 Å². The maximum atomic E-state index is 12.5. The van der Waals surface area contributed by atoms with Crippen molar-refractivity contribution in [3.05, 3.63) is 29.3 Å². The van der Waals surface area contributed by atoms with Gasteiger partial charge >= 0.3 is 6.36 Å². The van der Waals surface area contributed by atoms with Crippen LogP contribution in [0, 0.1) is 11.5 Å². The molecular formula is C19H28F3NOSi. The molecule has 0 fully saturated rings. The Labute approximate surface area is 150 Å². The topological polar surface area (TPSA) is 35.2 Å². The fourth-order valence-corrected chi connectivity index (χ4v) is 8.87. The molecule has 0 aliphatic carbocycles. The average molecular weight is 372 g/mol. The Morgan fingerprint density at radius 2 is 1.56 bits per heavy atom. The van der Waals surface area contributed by atoms with Crippen LogP contribution in [-0.4, -0.2) is 14.4 Å². The average Bonchev–Trinajstić information content (AvgIpc) is 2.45. The molecule has 0 saturated heterocycles. The third kappa shape index (κ3) is 5.26. The minimum absolute atomic E-state index is 0.218. The number of rotatable bonds is 5. The molecule has 0 amide bonds. The third-order valence-corrected chi connectivity index (χ3v) is 11.1. The van der Waals surface area contributed by atoms with Crippen molar-refractivity contribution in [2.24, 2.45) is 5.73 Å². The molecular weight excluding hydrogens is 343 g/mol. The normalized spacial score (nSPS) is 12.5. The van der Waals surface area contributed by atoms with E-state index in [1.165, 1.54) is 12.1 Å². The van der Waals surface area contributed by atoms with Crippen LogP contribution < -0.4 is 10.5 Å². The van der Waals surface area contributed by atoms with E-state index in [-0.39, 0.29) is 12.3 Å². The summed E-state index contributed by atoms with van der Waals surface area (Å²) in [5.41, 5.74) is 11.8. The Bertz CT molecular complexity index is 621. The fourth-order valence-electron chi connectivity index (χ4n) is 3.66. The van der Waals surface area contributed by atoms with Gasteiger partial charge in [0.25, 0.3) is 0 Å². The molecule has 0 saturated carbocycles. The molecule has 0 radical (unpaired) electrons. The molecule has 0 heterocycles. The zero-order valence-electron chi connectivity index (χ0n) is 15.8. The van der Waals surface area contributed by atoms with Gasteiger partial charge in [-0.3, -0.25) is 0 Å². The monoisotopic (exact) mass is 371 g/mol. The summed E-state index contributed by atoms with van der Waals surface area (Å²) >= 11 is 0. The van der Waals surface area contributed by atoms with Crippen molar-refractivity contribution < 1.29 is 17.9 Å². The van der Waals surface area contributed by atoms with E-state index in [0.29, 0.717) is 22.2 Å². The van der Waals surface area contributed by atoms with Gasteiger partial charge in [0, 0.05) is 12.1 Å². The van der Waals surface area contributed by atoms with E-state index in [1.54, 1.807) is 6.07 Å². The SMILES string of the molecule is CC(C)[Si](C#Cc1cc(OC(F)(F)F)ccc1CN)(C(C)C)C(C)C. The Morgan fingerprint density at radius 3 is 1.96 bits per heavy atom. The van der Waals surface area contributed by atoms with Crippen LogP contribution in [0.25, 0.3) is 0 Å². The van der Waals surface area contributed by atoms with Gasteiger partial charge in [-0.15, -0.1) is 18.7 Å². The molecule has 1 rings (SSSR count). The first kappa shape index (κ1) is 21.6. The third-order valence-electron chi connectivity index (χ3n) is 4.81. The number of alkyl halides is 3. The number of hydrogen-bond acceptors (Lipinski definition) is 2. The highest BCUT2D eigenvalue weighted by Crippen LogP contribution is 2.40. The van der Waals surface area contributed by atoms with Crippen molar-refractivity contribution in [1.29, 1.82) is 0 Å². The van der Waals surface area contributed by atoms with Gasteiger partial charge < -0.3 is 10.5 Å². The summed E-state index contributed by atoms with van der Waals surface area (Å²) in [5.74, 6) is 2.90. The lowest BCUT2D eigenvalue weighted by Crippen LogP contribution is -2.43. The van der Waals surface area contributed by atoms with Crippen LogP contribution in [0.5, 0.6) is 5.75 Å². The second-order valence-electron chi connectivity index (χ2n) is 7.22. The van der Waals surface area contributed by atoms with E-state index in [9.17, 15) is 13.2 Å². The lowest BCUT2D eigenvalue weighted by atomic mass is 10.1. The molecule has 2 N–H and O–H groups in total. The van der Waals surface area contributed by atoms with Crippen LogP contribution >= 0.6 is 0 Å². The Hall–Kier alpha value is -1.45. The molecule has 2 nitrogen and oxygen atoms in total. The maximum absolute atomic E-state index is 12.5. The van der Waals surface area contributed by atoms with Gasteiger partial charge in [-0.1, -0.05) is 53.5 Å². The first-order valence-corrected chi connectivity index (χ1v) is 10.8. The molecule has 0 bridgehead atoms. The van der Waals surface area contributed by atoms with Crippen molar-refractivity contribution in [1.82, 2.24) is 0 Å². The smallest absolute Gasteiger partial charge is 0.406 e. The van der Waals surface area contributed by atoms with Crippen molar-refractivity contribution in [3.8, 4) is 17.2 Å². The van der Waals surface area contributed by atoms with Crippen LogP contribution in [0.3, 0.4) is 0 Å². The quantitative estimate of drug-likeness (QED) is 0.539. The Morgan fingerprint density at radius 1 is 1.04 bits per heavy atom. The van der Waals surface area contributed by atoms with Gasteiger partial charge in [-0.2, -0.15) is 0 Å². The molecule has 6 heteroatoms. The molecule has 25 heavy (non-hydrogen) atoms. The standard InChI is InChI=1S/C19H28F3NOSi/c1-13(2)25(14(3)4,15(5)6)10-9-16-11-18(24-19(20,21)22)8-7-17(16)12-23/h7-8,11,13-15H,12,23H2,1-6H3. The lowest BCUT2D eigenvalue weighted by molar-refractivity contribution is -0.274. The molecule has 0 spiro atoms. The minimum atomic E-state index is -4.72. The molecule has 0 aromatic heterocycles. The van der Waals surface area contributed by atoms with E-state index in [2.05, 4.69) is 57.7 Å². The Kier molecular flexibility index (Phi) is 7.15. The molecule has 140 valence electrons. The zero-order chi connectivity index (χ0) is 19.4. The molecule has 0 aliphatic rings. The van der Waals surface area contributed by atoms with Crippen molar-refractivity contribution in [2.75, 3.05) is 0 Å². The van der Waals surface area contributed by atoms with Crippen molar-refractivity contribution in [3.63, 3.8) is 0 Å². The van der Waals surface area contributed by atoms with Crippen molar-refractivity contribution in [2.45, 2.75) is 71.1 Å². The minimum Gasteiger partial charge on any atom is -0.406 e. The van der Waals surface area contributed by atoms with Gasteiger partial charge in [-0.05, 0) is 34.3 Å². The summed E-state index contributed by atoms with van der Waals surface area (Å²) in [5, 5.41) is 0. The van der Waals surface area contributed by atoms with Crippen LogP contribution in [0.15, 0.2) is 18.2 Å². The molecule has 0 unspecified atom stereocenters. The summed E-state index contributed by atoms with van der Waals surface area (Å²) in [6, 6.07) is 4.16. The lowest BCUT2D eigenvalue weighted by Gasteiger charge is -2.38. The van der Waals surface area contributed by atoms with Crippen LogP contribution in [0.2, 0.25) is 16.6 Å². The highest BCUT2D eigenvalue weighted by Gasteiger charge is 2.41. The molecule has 1 aromatic rings. The largest absolute Gasteiger partial charge is 0.573 e. The first-order valence-electron chi connectivity index (χ1n) is 8.56. The zero-order valence-corrected chi connectivity index (χ0v) is 16.8. The number of nitrogens with two attached hydrogens (primary N) is 1. The first-order chi connectivity index (χ1) is 11.4. The number of ether oxygens (including phenoxy) is 1. The second kappa shape index (κ2) is 8.28. The fraction of sp³-hybridized carbons (Fsp3) is 0.579. The molecule has 1 aromatic carbocycles. The summed E-state index contributed by atoms with van der Waals surface area (Å²) < 4.78 is 41.4. The molecule has 0 atom stereocenters. The predicted molar refractivity (Wildman–Crippen MR) is 98.9 cm³/mol. The summed E-state index contributed by atoms with van der Waals surface area (Å²) in [6.07, 6.45) is -4.72. The van der Waals surface area contributed by atoms with E-state index in [0.717, 1.165) is 5.56 Å². The predicted octanol–water partition coefficient (Wildman–Crippen LogP) is 5.61. The number of halogens is 3. The highest BCUT2D eigenvalue weighted by atomic mass is 28.3. The molecule has 0 aliphatic heterocycles. The van der Waals surface area contributed by atoms with Crippen LogP contribution in [0.4, 0.5) is 13.2 Å². The van der Waals surface area contributed by atoms with Gasteiger partial charge in [0.2, 0.25) is 0 Å². The second-order valence-corrected chi connectivity index (χ2v) is 12.8. The van der Waals surface area contributed by atoms with Gasteiger partial charge in [0.05, 0.1) is 0 Å². The van der Waals surface area contributed by atoms with Crippen LogP contribution in [-0.2, 0) is 6.54 Å². The summed E-state index contributed by atoms with van der Waals surface area (Å²) in [7, 11) is -1.98. The number of hydrogen-bond donors (Lipinski definition) is 1. The van der Waals surface area contributed by atoms with E-state index < -0.39 is 14.4 Å². The van der Waals surface area contributed by atoms with Crippen molar-refractivity contribution >= 4 is 8.07 Å². The van der Waals surface area contributed by atoms with E-state index in [4.69, 9.17) is 5.73 Å². The Balaban J connectivity index is 3.41. The maximum Gasteiger partial charge on any atom is 0.573 e. The van der Waals surface area contributed by atoms with E-state index >= 15 is 0 Å². The van der Waals surface area contributed by atoms with E-state index in [1.807, 2.05) is 0 Å². The van der Waals surface area contributed by atoms with Gasteiger partial charge in [0.1, 0.15) is 13.8 Å². The van der Waals surface area contributed by atoms with Gasteiger partial charge in [0.15, 0.2) is 0 Å². The summed E-state index contributed by atoms with van der Waals surface area (Å²) in [6.45, 7) is 13.3. The van der Waals surface area contributed by atoms with Crippen LogP contribution in [0.1, 0.15) is 52.7 Å². The number of benzene rings is 1.